The van der Waals surface area contributed by atoms with Gasteiger partial charge in [-0.05, 0) is 37.6 Å². The minimum atomic E-state index is -0.877. The number of hydrogen-bond donors (Lipinski definition) is 1. The highest BCUT2D eigenvalue weighted by Crippen LogP contribution is 2.34. The van der Waals surface area contributed by atoms with Crippen LogP contribution in [0.2, 0.25) is 5.02 Å². The number of halogens is 1. The number of benzene rings is 1. The Balaban J connectivity index is 2.25. The first-order chi connectivity index (χ1) is 12.8. The normalized spacial score (nSPS) is 11.4. The van der Waals surface area contributed by atoms with Gasteiger partial charge < -0.3 is 19.5 Å². The van der Waals surface area contributed by atoms with Crippen LogP contribution in [0.15, 0.2) is 24.3 Å². The van der Waals surface area contributed by atoms with E-state index in [2.05, 4.69) is 5.32 Å². The molecule has 0 saturated heterocycles. The van der Waals surface area contributed by atoms with E-state index in [0.717, 1.165) is 11.3 Å². The molecule has 1 N–H and O–H groups in total. The second-order valence-electron chi connectivity index (χ2n) is 5.45. The fourth-order valence-electron chi connectivity index (χ4n) is 2.25. The van der Waals surface area contributed by atoms with Gasteiger partial charge in [0.15, 0.2) is 6.10 Å². The fraction of sp³-hybridized carbons (Fsp3) is 0.278. The molecule has 0 aliphatic heterocycles. The van der Waals surface area contributed by atoms with Crippen LogP contribution in [-0.4, -0.2) is 38.2 Å². The number of esters is 2. The highest BCUT2D eigenvalue weighted by molar-refractivity contribution is 7.18. The molecule has 144 valence electrons. The summed E-state index contributed by atoms with van der Waals surface area (Å²) in [4.78, 5) is 36.7. The first-order valence-corrected chi connectivity index (χ1v) is 9.01. The smallest absolute Gasteiger partial charge is 0.348 e. The summed E-state index contributed by atoms with van der Waals surface area (Å²) in [5, 5.41) is 3.28. The van der Waals surface area contributed by atoms with E-state index in [1.165, 1.54) is 14.2 Å². The SMILES string of the molecule is COC(=O)c1sc(NC(=O)C(C)Oc2cccc(Cl)c2)c(C(=O)OC)c1C. The average Bonchev–Trinajstić information content (AvgIpc) is 2.96. The molecule has 0 fully saturated rings. The van der Waals surface area contributed by atoms with E-state index < -0.39 is 23.9 Å². The first kappa shape index (κ1) is 20.7. The number of amides is 1. The van der Waals surface area contributed by atoms with Crippen molar-refractivity contribution in [1.82, 2.24) is 0 Å². The second-order valence-corrected chi connectivity index (χ2v) is 6.91. The van der Waals surface area contributed by atoms with Crippen molar-refractivity contribution in [3.8, 4) is 5.75 Å². The Morgan fingerprint density at radius 3 is 2.41 bits per heavy atom. The summed E-state index contributed by atoms with van der Waals surface area (Å²) in [6, 6.07) is 6.63. The number of anilines is 1. The molecule has 0 radical (unpaired) electrons. The minimum Gasteiger partial charge on any atom is -0.481 e. The topological polar surface area (TPSA) is 90.9 Å². The molecule has 27 heavy (non-hydrogen) atoms. The number of methoxy groups -OCH3 is 2. The largest absolute Gasteiger partial charge is 0.481 e. The maximum Gasteiger partial charge on any atom is 0.348 e. The second kappa shape index (κ2) is 8.88. The zero-order valence-electron chi connectivity index (χ0n) is 15.1. The number of hydrogen-bond acceptors (Lipinski definition) is 7. The first-order valence-electron chi connectivity index (χ1n) is 7.81. The monoisotopic (exact) mass is 411 g/mol. The van der Waals surface area contributed by atoms with Crippen molar-refractivity contribution in [2.45, 2.75) is 20.0 Å². The maximum absolute atomic E-state index is 12.5. The van der Waals surface area contributed by atoms with Crippen LogP contribution in [0.4, 0.5) is 5.00 Å². The summed E-state index contributed by atoms with van der Waals surface area (Å²) < 4.78 is 15.0. The molecule has 1 aromatic heterocycles. The highest BCUT2D eigenvalue weighted by atomic mass is 35.5. The van der Waals surface area contributed by atoms with Gasteiger partial charge >= 0.3 is 11.9 Å². The molecule has 0 aliphatic rings. The molecule has 0 spiro atoms. The van der Waals surface area contributed by atoms with E-state index in [-0.39, 0.29) is 15.4 Å². The standard InChI is InChI=1S/C18H18ClNO6S/c1-9-13(17(22)24-3)16(27-14(9)18(23)25-4)20-15(21)10(2)26-12-7-5-6-11(19)8-12/h5-8,10H,1-4H3,(H,20,21). The molecule has 1 aromatic carbocycles. The number of ether oxygens (including phenoxy) is 3. The Labute approximate surface area is 165 Å². The molecule has 7 nitrogen and oxygen atoms in total. The van der Waals surface area contributed by atoms with Gasteiger partial charge in [-0.1, -0.05) is 17.7 Å². The van der Waals surface area contributed by atoms with Crippen LogP contribution in [0.1, 0.15) is 32.5 Å². The third kappa shape index (κ3) is 4.78. The molecule has 2 rings (SSSR count). The van der Waals surface area contributed by atoms with Crippen LogP contribution in [0.3, 0.4) is 0 Å². The van der Waals surface area contributed by atoms with E-state index >= 15 is 0 Å². The summed E-state index contributed by atoms with van der Waals surface area (Å²) in [5.74, 6) is -1.35. The Morgan fingerprint density at radius 1 is 1.15 bits per heavy atom. The van der Waals surface area contributed by atoms with Crippen LogP contribution < -0.4 is 10.1 Å². The lowest BCUT2D eigenvalue weighted by Gasteiger charge is -2.14. The van der Waals surface area contributed by atoms with Crippen LogP contribution >= 0.6 is 22.9 Å². The summed E-state index contributed by atoms with van der Waals surface area (Å²) in [6.45, 7) is 3.13. The minimum absolute atomic E-state index is 0.103. The maximum atomic E-state index is 12.5. The molecule has 1 unspecified atom stereocenters. The van der Waals surface area contributed by atoms with Crippen LogP contribution in [0, 0.1) is 6.92 Å². The third-order valence-electron chi connectivity index (χ3n) is 3.62. The third-order valence-corrected chi connectivity index (χ3v) is 5.04. The molecule has 1 atom stereocenters. The molecule has 1 heterocycles. The van der Waals surface area contributed by atoms with Gasteiger partial charge in [0.25, 0.3) is 5.91 Å². The highest BCUT2D eigenvalue weighted by Gasteiger charge is 2.28. The summed E-state index contributed by atoms with van der Waals surface area (Å²) in [6.07, 6.45) is -0.877. The van der Waals surface area contributed by atoms with Crippen molar-refractivity contribution in [1.29, 1.82) is 0 Å². The summed E-state index contributed by atoms with van der Waals surface area (Å²) in [7, 11) is 2.45. The van der Waals surface area contributed by atoms with Crippen molar-refractivity contribution in [3.63, 3.8) is 0 Å². The number of rotatable bonds is 6. The van der Waals surface area contributed by atoms with Gasteiger partial charge in [-0.3, -0.25) is 4.79 Å². The summed E-state index contributed by atoms with van der Waals surface area (Å²) >= 11 is 6.83. The molecule has 0 bridgehead atoms. The number of nitrogens with one attached hydrogen (secondary N) is 1. The van der Waals surface area contributed by atoms with Crippen molar-refractivity contribution in [3.05, 3.63) is 45.3 Å². The Morgan fingerprint density at radius 2 is 1.81 bits per heavy atom. The lowest BCUT2D eigenvalue weighted by molar-refractivity contribution is -0.122. The van der Waals surface area contributed by atoms with E-state index in [1.54, 1.807) is 38.1 Å². The quantitative estimate of drug-likeness (QED) is 0.729. The summed E-state index contributed by atoms with van der Waals surface area (Å²) in [5.41, 5.74) is 0.476. The molecule has 9 heteroatoms. The van der Waals surface area contributed by atoms with E-state index in [1.807, 2.05) is 0 Å². The average molecular weight is 412 g/mol. The molecule has 0 saturated carbocycles. The number of thiophene rings is 1. The van der Waals surface area contributed by atoms with E-state index in [4.69, 9.17) is 25.8 Å². The molecular weight excluding hydrogens is 394 g/mol. The molecule has 2 aromatic rings. The van der Waals surface area contributed by atoms with Crippen LogP contribution in [0.5, 0.6) is 5.75 Å². The lowest BCUT2D eigenvalue weighted by atomic mass is 10.1. The predicted octanol–water partition coefficient (Wildman–Crippen LogP) is 3.69. The van der Waals surface area contributed by atoms with Crippen LogP contribution in [0.25, 0.3) is 0 Å². The van der Waals surface area contributed by atoms with Gasteiger partial charge in [0.05, 0.1) is 19.8 Å². The van der Waals surface area contributed by atoms with Crippen molar-refractivity contribution >= 4 is 45.8 Å². The Kier molecular flexibility index (Phi) is 6.81. The van der Waals surface area contributed by atoms with Gasteiger partial charge in [-0.25, -0.2) is 9.59 Å². The van der Waals surface area contributed by atoms with Crippen LogP contribution in [-0.2, 0) is 14.3 Å². The zero-order valence-corrected chi connectivity index (χ0v) is 16.7. The number of carbonyl (C=O) groups excluding carboxylic acids is 3. The molecule has 0 aliphatic carbocycles. The van der Waals surface area contributed by atoms with Crippen molar-refractivity contribution in [2.24, 2.45) is 0 Å². The Bertz CT molecular complexity index is 879. The van der Waals surface area contributed by atoms with Crippen molar-refractivity contribution in [2.75, 3.05) is 19.5 Å². The Hall–Kier alpha value is -2.58. The van der Waals surface area contributed by atoms with Gasteiger partial charge in [-0.15, -0.1) is 11.3 Å². The molecular formula is C18H18ClNO6S. The van der Waals surface area contributed by atoms with Gasteiger partial charge in [-0.2, -0.15) is 0 Å². The fourth-order valence-corrected chi connectivity index (χ4v) is 3.54. The number of carbonyl (C=O) groups is 3. The van der Waals surface area contributed by atoms with Gasteiger partial charge in [0, 0.05) is 5.02 Å². The van der Waals surface area contributed by atoms with Gasteiger partial charge in [0.2, 0.25) is 0 Å². The van der Waals surface area contributed by atoms with E-state index in [0.29, 0.717) is 16.3 Å². The lowest BCUT2D eigenvalue weighted by Crippen LogP contribution is -2.30. The van der Waals surface area contributed by atoms with Gasteiger partial charge in [0.1, 0.15) is 15.6 Å². The molecule has 1 amide bonds. The predicted molar refractivity (Wildman–Crippen MR) is 102 cm³/mol. The van der Waals surface area contributed by atoms with Crippen molar-refractivity contribution < 1.29 is 28.6 Å². The van der Waals surface area contributed by atoms with E-state index in [9.17, 15) is 14.4 Å². The zero-order chi connectivity index (χ0) is 20.1.